The monoisotopic (exact) mass is 376 g/mol. The van der Waals surface area contributed by atoms with Crippen molar-refractivity contribution in [3.8, 4) is 0 Å². The van der Waals surface area contributed by atoms with Gasteiger partial charge in [0.2, 0.25) is 0 Å². The van der Waals surface area contributed by atoms with Gasteiger partial charge < -0.3 is 0 Å². The summed E-state index contributed by atoms with van der Waals surface area (Å²) < 4.78 is 26.7. The lowest BCUT2D eigenvalue weighted by Crippen LogP contribution is -2.49. The van der Waals surface area contributed by atoms with E-state index >= 15 is 0 Å². The van der Waals surface area contributed by atoms with Crippen molar-refractivity contribution in [2.45, 2.75) is 43.1 Å². The molecule has 2 aliphatic rings. The molecule has 140 valence electrons. The Morgan fingerprint density at radius 1 is 1.15 bits per heavy atom. The fourth-order valence-corrected chi connectivity index (χ4v) is 5.04. The molecule has 0 amide bonds. The molecule has 1 atom stereocenters. The first kappa shape index (κ1) is 17.6. The number of tetrazole rings is 1. The molecule has 0 saturated carbocycles. The van der Waals surface area contributed by atoms with Gasteiger partial charge in [0.05, 0.1) is 11.4 Å². The Labute approximate surface area is 153 Å². The minimum atomic E-state index is -3.48. The van der Waals surface area contributed by atoms with Gasteiger partial charge in [-0.25, -0.2) is 13.1 Å². The quantitative estimate of drug-likeness (QED) is 0.759. The highest BCUT2D eigenvalue weighted by atomic mass is 32.2. The van der Waals surface area contributed by atoms with E-state index in [-0.39, 0.29) is 5.88 Å². The Bertz CT molecular complexity index is 864. The molecule has 2 fully saturated rings. The number of rotatable bonds is 5. The van der Waals surface area contributed by atoms with Crippen LogP contribution in [0, 0.1) is 6.92 Å². The molecule has 1 aromatic heterocycles. The van der Waals surface area contributed by atoms with Crippen LogP contribution in [0.1, 0.15) is 24.2 Å². The zero-order chi connectivity index (χ0) is 18.1. The van der Waals surface area contributed by atoms with Gasteiger partial charge in [-0.15, -0.1) is 5.10 Å². The minimum Gasteiger partial charge on any atom is -0.298 e. The molecule has 2 aliphatic heterocycles. The van der Waals surface area contributed by atoms with E-state index in [2.05, 4.69) is 25.3 Å². The van der Waals surface area contributed by atoms with Crippen LogP contribution in [0.3, 0.4) is 0 Å². The van der Waals surface area contributed by atoms with Gasteiger partial charge in [-0.3, -0.25) is 9.80 Å². The van der Waals surface area contributed by atoms with Gasteiger partial charge >= 0.3 is 0 Å². The number of aryl methyl sites for hydroxylation is 1. The molecule has 1 unspecified atom stereocenters. The summed E-state index contributed by atoms with van der Waals surface area (Å²) in [4.78, 5) is 5.17. The molecule has 26 heavy (non-hydrogen) atoms. The van der Waals surface area contributed by atoms with Crippen molar-refractivity contribution in [3.63, 3.8) is 0 Å². The normalized spacial score (nSPS) is 21.8. The molecule has 0 N–H and O–H groups in total. The standard InChI is InChI=1S/C17H24N6O2S/c1-14-4-6-16(7-5-14)26(24,25)13-23-17(18-19-20-23)12-21-9-10-22-8-2-3-15(22)11-21/h4-7,15H,2-3,8-13H2,1H3. The second kappa shape index (κ2) is 7.05. The summed E-state index contributed by atoms with van der Waals surface area (Å²) in [5, 5.41) is 11.7. The van der Waals surface area contributed by atoms with Gasteiger partial charge in [-0.2, -0.15) is 0 Å². The van der Waals surface area contributed by atoms with Crippen LogP contribution in [0.5, 0.6) is 0 Å². The molecule has 0 aliphatic carbocycles. The number of aromatic nitrogens is 4. The maximum absolute atomic E-state index is 12.7. The average Bonchev–Trinajstić information content (AvgIpc) is 3.24. The van der Waals surface area contributed by atoms with E-state index in [1.807, 2.05) is 6.92 Å². The maximum atomic E-state index is 12.7. The molecule has 2 aromatic rings. The van der Waals surface area contributed by atoms with Crippen molar-refractivity contribution >= 4 is 9.84 Å². The van der Waals surface area contributed by atoms with Crippen LogP contribution in [-0.2, 0) is 22.3 Å². The Kier molecular flexibility index (Phi) is 4.76. The third kappa shape index (κ3) is 3.65. The molecule has 0 bridgehead atoms. The van der Waals surface area contributed by atoms with Crippen LogP contribution in [0.25, 0.3) is 0 Å². The van der Waals surface area contributed by atoms with E-state index in [9.17, 15) is 8.42 Å². The van der Waals surface area contributed by atoms with Gasteiger partial charge in [-0.1, -0.05) is 17.7 Å². The second-order valence-electron chi connectivity index (χ2n) is 7.22. The number of sulfone groups is 1. The zero-order valence-corrected chi connectivity index (χ0v) is 15.8. The lowest BCUT2D eigenvalue weighted by atomic mass is 10.1. The number of nitrogens with zero attached hydrogens (tertiary/aromatic N) is 6. The summed E-state index contributed by atoms with van der Waals surface area (Å²) in [6.45, 7) is 6.74. The largest absolute Gasteiger partial charge is 0.298 e. The first-order valence-electron chi connectivity index (χ1n) is 9.02. The summed E-state index contributed by atoms with van der Waals surface area (Å²) in [5.41, 5.74) is 1.03. The van der Waals surface area contributed by atoms with Gasteiger partial charge in [0.1, 0.15) is 0 Å². The SMILES string of the molecule is Cc1ccc(S(=O)(=O)Cn2nnnc2CN2CCN3CCCC3C2)cc1. The van der Waals surface area contributed by atoms with E-state index in [1.54, 1.807) is 24.3 Å². The highest BCUT2D eigenvalue weighted by Crippen LogP contribution is 2.22. The number of piperazine rings is 1. The van der Waals surface area contributed by atoms with E-state index < -0.39 is 9.84 Å². The van der Waals surface area contributed by atoms with Crippen molar-refractivity contribution in [2.24, 2.45) is 0 Å². The van der Waals surface area contributed by atoms with Crippen LogP contribution in [0.2, 0.25) is 0 Å². The highest BCUT2D eigenvalue weighted by Gasteiger charge is 2.31. The highest BCUT2D eigenvalue weighted by molar-refractivity contribution is 7.90. The number of fused-ring (bicyclic) bond motifs is 1. The summed E-state index contributed by atoms with van der Waals surface area (Å²) in [7, 11) is -3.48. The molecule has 4 rings (SSSR count). The van der Waals surface area contributed by atoms with Crippen LogP contribution in [0.4, 0.5) is 0 Å². The van der Waals surface area contributed by atoms with Crippen LogP contribution in [0.15, 0.2) is 29.2 Å². The maximum Gasteiger partial charge on any atom is 0.198 e. The zero-order valence-electron chi connectivity index (χ0n) is 15.0. The first-order valence-corrected chi connectivity index (χ1v) is 10.7. The summed E-state index contributed by atoms with van der Waals surface area (Å²) in [5.74, 6) is 0.369. The van der Waals surface area contributed by atoms with Crippen molar-refractivity contribution in [1.29, 1.82) is 0 Å². The summed E-state index contributed by atoms with van der Waals surface area (Å²) >= 11 is 0. The average molecular weight is 376 g/mol. The molecule has 8 nitrogen and oxygen atoms in total. The Balaban J connectivity index is 1.46. The first-order chi connectivity index (χ1) is 12.5. The van der Waals surface area contributed by atoms with E-state index in [1.165, 1.54) is 24.1 Å². The molecular formula is C17H24N6O2S. The number of benzene rings is 1. The fraction of sp³-hybridized carbons (Fsp3) is 0.588. The van der Waals surface area contributed by atoms with E-state index in [0.29, 0.717) is 23.3 Å². The van der Waals surface area contributed by atoms with Gasteiger partial charge in [-0.05, 0) is 48.9 Å². The van der Waals surface area contributed by atoms with Crippen molar-refractivity contribution in [1.82, 2.24) is 30.0 Å². The topological polar surface area (TPSA) is 84.2 Å². The predicted molar refractivity (Wildman–Crippen MR) is 96.1 cm³/mol. The van der Waals surface area contributed by atoms with Crippen molar-refractivity contribution in [3.05, 3.63) is 35.7 Å². The lowest BCUT2D eigenvalue weighted by Gasteiger charge is -2.37. The Morgan fingerprint density at radius 3 is 2.77 bits per heavy atom. The van der Waals surface area contributed by atoms with E-state index in [4.69, 9.17) is 0 Å². The summed E-state index contributed by atoms with van der Waals surface area (Å²) in [6, 6.07) is 7.48. The predicted octanol–water partition coefficient (Wildman–Crippen LogP) is 0.693. The number of hydrogen-bond acceptors (Lipinski definition) is 7. The molecule has 3 heterocycles. The molecule has 0 radical (unpaired) electrons. The van der Waals surface area contributed by atoms with Crippen molar-refractivity contribution < 1.29 is 8.42 Å². The summed E-state index contributed by atoms with van der Waals surface area (Å²) in [6.07, 6.45) is 2.51. The van der Waals surface area contributed by atoms with Gasteiger partial charge in [0.25, 0.3) is 0 Å². The molecule has 1 aromatic carbocycles. The van der Waals surface area contributed by atoms with Crippen molar-refractivity contribution in [2.75, 3.05) is 26.2 Å². The Hall–Kier alpha value is -1.84. The third-order valence-corrected chi connectivity index (χ3v) is 6.89. The van der Waals surface area contributed by atoms with Crippen LogP contribution in [-0.4, -0.2) is 70.6 Å². The second-order valence-corrected chi connectivity index (χ2v) is 9.18. The van der Waals surface area contributed by atoms with Gasteiger partial charge in [0, 0.05) is 25.7 Å². The van der Waals surface area contributed by atoms with Gasteiger partial charge in [0.15, 0.2) is 21.5 Å². The molecule has 2 saturated heterocycles. The third-order valence-electron chi connectivity index (χ3n) is 5.31. The van der Waals surface area contributed by atoms with Crippen LogP contribution < -0.4 is 0 Å². The fourth-order valence-electron chi connectivity index (χ4n) is 3.82. The van der Waals surface area contributed by atoms with Crippen LogP contribution >= 0.6 is 0 Å². The lowest BCUT2D eigenvalue weighted by molar-refractivity contribution is 0.0964. The smallest absolute Gasteiger partial charge is 0.198 e. The number of hydrogen-bond donors (Lipinski definition) is 0. The van der Waals surface area contributed by atoms with E-state index in [0.717, 1.165) is 25.2 Å². The molecule has 9 heteroatoms. The molecule has 0 spiro atoms. The minimum absolute atomic E-state index is 0.234. The Morgan fingerprint density at radius 2 is 1.96 bits per heavy atom. The molecular weight excluding hydrogens is 352 g/mol.